The molecule has 2 aliphatic rings. The Bertz CT molecular complexity index is 1070. The van der Waals surface area contributed by atoms with Gasteiger partial charge in [0.2, 0.25) is 11.8 Å². The number of carbonyl (C=O) groups is 3. The molecule has 2 fully saturated rings. The van der Waals surface area contributed by atoms with E-state index in [9.17, 15) is 19.6 Å². The molecule has 0 spiro atoms. The summed E-state index contributed by atoms with van der Waals surface area (Å²) in [7, 11) is 1.54. The number of fused-ring (bicyclic) bond motifs is 1. The van der Waals surface area contributed by atoms with Crippen molar-refractivity contribution >= 4 is 28.5 Å². The fraction of sp³-hybridized carbons (Fsp3) is 0.522. The molecule has 1 aliphatic heterocycles. The minimum atomic E-state index is -0.753. The molecule has 1 aliphatic carbocycles. The van der Waals surface area contributed by atoms with Crippen molar-refractivity contribution < 1.29 is 19.1 Å². The van der Waals surface area contributed by atoms with Gasteiger partial charge < -0.3 is 20.4 Å². The number of pyridine rings is 1. The third-order valence-corrected chi connectivity index (χ3v) is 6.30. The Balaban J connectivity index is 1.44. The van der Waals surface area contributed by atoms with Gasteiger partial charge in [-0.25, -0.2) is 0 Å². The van der Waals surface area contributed by atoms with E-state index in [2.05, 4.69) is 26.7 Å². The minimum absolute atomic E-state index is 0.0486. The largest absolute Gasteiger partial charge is 0.494 e. The van der Waals surface area contributed by atoms with Crippen LogP contribution in [-0.2, 0) is 9.59 Å². The summed E-state index contributed by atoms with van der Waals surface area (Å²) in [5.74, 6) is -0.330. The molecule has 4 rings (SSSR count). The third kappa shape index (κ3) is 4.90. The van der Waals surface area contributed by atoms with Crippen LogP contribution in [0.25, 0.3) is 10.9 Å². The Morgan fingerprint density at radius 3 is 2.78 bits per heavy atom. The van der Waals surface area contributed by atoms with Crippen LogP contribution in [0.15, 0.2) is 18.5 Å². The number of nitriles is 1. The highest BCUT2D eigenvalue weighted by Crippen LogP contribution is 2.37. The third-order valence-electron chi connectivity index (χ3n) is 6.30. The van der Waals surface area contributed by atoms with Crippen LogP contribution in [0.1, 0.15) is 49.0 Å². The van der Waals surface area contributed by atoms with Crippen molar-refractivity contribution in [2.24, 2.45) is 17.8 Å². The van der Waals surface area contributed by atoms with Crippen molar-refractivity contribution in [3.05, 3.63) is 24.2 Å². The van der Waals surface area contributed by atoms with Gasteiger partial charge in [-0.1, -0.05) is 12.8 Å². The number of hydrogen-bond acceptors (Lipinski definition) is 6. The van der Waals surface area contributed by atoms with E-state index >= 15 is 0 Å². The standard InChI is InChI=1S/C23H27N5O4/c1-32-21-12-25-11-19-17(21)9-18(28-19)20(29)8-15(6-13-2-3-13)23(31)27-16(10-24)7-14-4-5-26-22(14)30/h9,11-16,28H,2-8H2,1H3,(H,26,30)(H,27,31)/t14?,15-,16+/m1/s1. The molecule has 168 valence electrons. The number of H-pyrrole nitrogens is 1. The van der Waals surface area contributed by atoms with E-state index < -0.39 is 12.0 Å². The lowest BCUT2D eigenvalue weighted by molar-refractivity contribution is -0.127. The van der Waals surface area contributed by atoms with Gasteiger partial charge in [0.1, 0.15) is 11.8 Å². The Morgan fingerprint density at radius 2 is 2.12 bits per heavy atom. The molecular weight excluding hydrogens is 410 g/mol. The van der Waals surface area contributed by atoms with Gasteiger partial charge in [-0.2, -0.15) is 5.26 Å². The molecule has 3 heterocycles. The predicted octanol–water partition coefficient (Wildman–Crippen LogP) is 2.10. The van der Waals surface area contributed by atoms with Crippen LogP contribution < -0.4 is 15.4 Å². The van der Waals surface area contributed by atoms with E-state index in [-0.39, 0.29) is 36.4 Å². The highest BCUT2D eigenvalue weighted by molar-refractivity contribution is 6.02. The summed E-state index contributed by atoms with van der Waals surface area (Å²) in [4.78, 5) is 45.0. The summed E-state index contributed by atoms with van der Waals surface area (Å²) in [5, 5.41) is 15.8. The molecule has 9 nitrogen and oxygen atoms in total. The van der Waals surface area contributed by atoms with Crippen molar-refractivity contribution in [1.29, 1.82) is 5.26 Å². The molecule has 3 N–H and O–H groups in total. The van der Waals surface area contributed by atoms with E-state index in [1.54, 1.807) is 25.6 Å². The number of nitrogens with one attached hydrogen (secondary N) is 3. The zero-order chi connectivity index (χ0) is 22.7. The maximum Gasteiger partial charge on any atom is 0.224 e. The monoisotopic (exact) mass is 437 g/mol. The SMILES string of the molecule is COc1cncc2[nH]c(C(=O)C[C@@H](CC3CC3)C(=O)N[C@H](C#N)CC3CCNC3=O)cc12. The lowest BCUT2D eigenvalue weighted by Crippen LogP contribution is -2.40. The van der Waals surface area contributed by atoms with Gasteiger partial charge in [0.15, 0.2) is 5.78 Å². The molecule has 0 aromatic carbocycles. The first kappa shape index (κ1) is 21.8. The number of hydrogen-bond donors (Lipinski definition) is 3. The Labute approximate surface area is 185 Å². The quantitative estimate of drug-likeness (QED) is 0.487. The first-order valence-corrected chi connectivity index (χ1v) is 11.0. The van der Waals surface area contributed by atoms with Crippen LogP contribution in [0.5, 0.6) is 5.75 Å². The molecule has 0 radical (unpaired) electrons. The van der Waals surface area contributed by atoms with Gasteiger partial charge >= 0.3 is 0 Å². The summed E-state index contributed by atoms with van der Waals surface area (Å²) >= 11 is 0. The summed E-state index contributed by atoms with van der Waals surface area (Å²) < 4.78 is 5.30. The van der Waals surface area contributed by atoms with Crippen LogP contribution in [-0.4, -0.2) is 47.3 Å². The van der Waals surface area contributed by atoms with Gasteiger partial charge in [-0.3, -0.25) is 19.4 Å². The number of carbonyl (C=O) groups excluding carboxylic acids is 3. The number of methoxy groups -OCH3 is 1. The molecule has 2 aromatic heterocycles. The van der Waals surface area contributed by atoms with Crippen LogP contribution in [0.4, 0.5) is 0 Å². The maximum absolute atomic E-state index is 13.0. The molecule has 3 atom stereocenters. The van der Waals surface area contributed by atoms with Gasteiger partial charge in [-0.05, 0) is 31.2 Å². The summed E-state index contributed by atoms with van der Waals surface area (Å²) in [6, 6.07) is 3.07. The highest BCUT2D eigenvalue weighted by atomic mass is 16.5. The number of ether oxygens (including phenoxy) is 1. The van der Waals surface area contributed by atoms with Crippen LogP contribution in [0, 0.1) is 29.1 Å². The number of Topliss-reactive ketones (excluding diaryl/α,β-unsaturated/α-hetero) is 1. The fourth-order valence-electron chi connectivity index (χ4n) is 4.30. The Hall–Kier alpha value is -3.41. The van der Waals surface area contributed by atoms with Crippen molar-refractivity contribution in [3.63, 3.8) is 0 Å². The van der Waals surface area contributed by atoms with Gasteiger partial charge in [0.05, 0.1) is 36.8 Å². The lowest BCUT2D eigenvalue weighted by atomic mass is 9.93. The zero-order valence-corrected chi connectivity index (χ0v) is 18.0. The number of amides is 2. The smallest absolute Gasteiger partial charge is 0.224 e. The number of ketones is 1. The highest BCUT2D eigenvalue weighted by Gasteiger charge is 2.33. The maximum atomic E-state index is 13.0. The molecule has 2 aromatic rings. The number of nitrogens with zero attached hydrogens (tertiary/aromatic N) is 2. The fourth-order valence-corrected chi connectivity index (χ4v) is 4.30. The topological polar surface area (TPSA) is 137 Å². The average molecular weight is 438 g/mol. The molecule has 1 saturated heterocycles. The zero-order valence-electron chi connectivity index (χ0n) is 18.0. The minimum Gasteiger partial charge on any atom is -0.494 e. The van der Waals surface area contributed by atoms with Crippen molar-refractivity contribution in [2.45, 2.75) is 44.6 Å². The van der Waals surface area contributed by atoms with Crippen LogP contribution in [0.2, 0.25) is 0 Å². The number of aromatic nitrogens is 2. The normalized spacial score (nSPS) is 19.8. The van der Waals surface area contributed by atoms with Crippen molar-refractivity contribution in [2.75, 3.05) is 13.7 Å². The van der Waals surface area contributed by atoms with Crippen molar-refractivity contribution in [3.8, 4) is 11.8 Å². The lowest BCUT2D eigenvalue weighted by Gasteiger charge is -2.19. The van der Waals surface area contributed by atoms with E-state index in [0.29, 0.717) is 42.3 Å². The second-order valence-electron chi connectivity index (χ2n) is 8.69. The molecule has 2 amide bonds. The molecular formula is C23H27N5O4. The second-order valence-corrected chi connectivity index (χ2v) is 8.69. The number of aromatic amines is 1. The van der Waals surface area contributed by atoms with Crippen LogP contribution >= 0.6 is 0 Å². The molecule has 32 heavy (non-hydrogen) atoms. The van der Waals surface area contributed by atoms with Gasteiger partial charge in [0.25, 0.3) is 0 Å². The van der Waals surface area contributed by atoms with E-state index in [0.717, 1.165) is 18.2 Å². The van der Waals surface area contributed by atoms with Gasteiger partial charge in [-0.15, -0.1) is 0 Å². The average Bonchev–Trinajstić information content (AvgIpc) is 3.35. The first-order valence-electron chi connectivity index (χ1n) is 11.0. The van der Waals surface area contributed by atoms with Crippen LogP contribution in [0.3, 0.4) is 0 Å². The summed E-state index contributed by atoms with van der Waals surface area (Å²) in [6.07, 6.45) is 6.93. The molecule has 0 bridgehead atoms. The first-order chi connectivity index (χ1) is 15.5. The van der Waals surface area contributed by atoms with Gasteiger partial charge in [0, 0.05) is 30.2 Å². The number of rotatable bonds is 10. The second kappa shape index (κ2) is 9.39. The van der Waals surface area contributed by atoms with Crippen molar-refractivity contribution in [1.82, 2.24) is 20.6 Å². The van der Waals surface area contributed by atoms with E-state index in [4.69, 9.17) is 4.74 Å². The molecule has 1 unspecified atom stereocenters. The Morgan fingerprint density at radius 1 is 1.31 bits per heavy atom. The van der Waals surface area contributed by atoms with E-state index in [1.165, 1.54) is 0 Å². The summed E-state index contributed by atoms with van der Waals surface area (Å²) in [6.45, 7) is 0.596. The Kier molecular flexibility index (Phi) is 6.40. The summed E-state index contributed by atoms with van der Waals surface area (Å²) in [5.41, 5.74) is 1.09. The molecule has 1 saturated carbocycles. The predicted molar refractivity (Wildman–Crippen MR) is 116 cm³/mol. The molecule has 9 heteroatoms. The van der Waals surface area contributed by atoms with E-state index in [1.807, 2.05) is 0 Å².